The van der Waals surface area contributed by atoms with E-state index in [0.717, 1.165) is 20.5 Å². The zero-order valence-corrected chi connectivity index (χ0v) is 13.8. The fraction of sp³-hybridized carbons (Fsp3) is 0.312. The van der Waals surface area contributed by atoms with Crippen LogP contribution in [-0.2, 0) is 16.1 Å². The van der Waals surface area contributed by atoms with Crippen molar-refractivity contribution < 1.29 is 9.53 Å². The quantitative estimate of drug-likeness (QED) is 0.722. The van der Waals surface area contributed by atoms with Gasteiger partial charge >= 0.3 is 0 Å². The largest absolute Gasteiger partial charge is 0.383 e. The van der Waals surface area contributed by atoms with Crippen LogP contribution in [0.3, 0.4) is 0 Å². The molecule has 3 aromatic rings. The molecule has 7 heteroatoms. The summed E-state index contributed by atoms with van der Waals surface area (Å²) in [5, 5.41) is 8.54. The second-order valence-electron chi connectivity index (χ2n) is 5.19. The highest BCUT2D eigenvalue weighted by Crippen LogP contribution is 2.32. The molecule has 0 saturated heterocycles. The van der Waals surface area contributed by atoms with Gasteiger partial charge in [-0.25, -0.2) is 4.68 Å². The lowest BCUT2D eigenvalue weighted by molar-refractivity contribution is -0.122. The molecule has 0 atom stereocenters. The second kappa shape index (κ2) is 6.47. The summed E-state index contributed by atoms with van der Waals surface area (Å²) < 4.78 is 8.05. The number of hydrogen-bond donors (Lipinski definition) is 1. The number of methoxy groups -OCH3 is 1. The van der Waals surface area contributed by atoms with Gasteiger partial charge in [0, 0.05) is 23.7 Å². The number of amides is 1. The van der Waals surface area contributed by atoms with Crippen LogP contribution in [0.15, 0.2) is 29.1 Å². The van der Waals surface area contributed by atoms with Crippen LogP contribution in [0.2, 0.25) is 0 Å². The minimum Gasteiger partial charge on any atom is -0.383 e. The van der Waals surface area contributed by atoms with E-state index in [9.17, 15) is 9.59 Å². The lowest BCUT2D eigenvalue weighted by atomic mass is 10.2. The van der Waals surface area contributed by atoms with E-state index in [1.807, 2.05) is 31.2 Å². The first-order chi connectivity index (χ1) is 11.1. The third-order valence-corrected chi connectivity index (χ3v) is 4.84. The molecule has 0 aliphatic heterocycles. The van der Waals surface area contributed by atoms with Crippen molar-refractivity contribution in [2.24, 2.45) is 0 Å². The first-order valence-corrected chi connectivity index (χ1v) is 8.08. The van der Waals surface area contributed by atoms with Crippen molar-refractivity contribution in [1.82, 2.24) is 15.1 Å². The number of ether oxygens (including phenoxy) is 1. The summed E-state index contributed by atoms with van der Waals surface area (Å²) in [6.45, 7) is 2.61. The Morgan fingerprint density at radius 3 is 2.96 bits per heavy atom. The Morgan fingerprint density at radius 1 is 1.39 bits per heavy atom. The van der Waals surface area contributed by atoms with Gasteiger partial charge in [0.1, 0.15) is 6.54 Å². The monoisotopic (exact) mass is 331 g/mol. The van der Waals surface area contributed by atoms with E-state index >= 15 is 0 Å². The summed E-state index contributed by atoms with van der Waals surface area (Å²) in [7, 11) is 1.57. The van der Waals surface area contributed by atoms with Crippen molar-refractivity contribution in [2.45, 2.75) is 13.5 Å². The van der Waals surface area contributed by atoms with E-state index < -0.39 is 0 Å². The highest BCUT2D eigenvalue weighted by molar-refractivity contribution is 7.26. The molecular weight excluding hydrogens is 314 g/mol. The summed E-state index contributed by atoms with van der Waals surface area (Å²) in [6.07, 6.45) is 0. The topological polar surface area (TPSA) is 73.2 Å². The molecule has 0 unspecified atom stereocenters. The Bertz CT molecular complexity index is 929. The number of fused-ring (bicyclic) bond motifs is 3. The van der Waals surface area contributed by atoms with E-state index in [1.165, 1.54) is 4.68 Å². The Hall–Kier alpha value is -2.25. The Kier molecular flexibility index (Phi) is 4.40. The normalized spacial score (nSPS) is 11.2. The standard InChI is InChI=1S/C16H17N3O3S/c1-10-15-14(11-5-3-4-6-12(11)23-15)16(21)19(18-10)9-13(20)17-7-8-22-2/h3-6H,7-9H2,1-2H3,(H,17,20). The molecule has 0 fully saturated rings. The number of hydrogen-bond acceptors (Lipinski definition) is 5. The third kappa shape index (κ3) is 2.97. The summed E-state index contributed by atoms with van der Waals surface area (Å²) in [6, 6.07) is 7.77. The number of aromatic nitrogens is 2. The average molecular weight is 331 g/mol. The summed E-state index contributed by atoms with van der Waals surface area (Å²) >= 11 is 1.55. The molecule has 3 rings (SSSR count). The van der Waals surface area contributed by atoms with Crippen LogP contribution in [0.1, 0.15) is 5.69 Å². The van der Waals surface area contributed by atoms with Crippen molar-refractivity contribution in [2.75, 3.05) is 20.3 Å². The Morgan fingerprint density at radius 2 is 2.17 bits per heavy atom. The maximum Gasteiger partial charge on any atom is 0.276 e. The summed E-state index contributed by atoms with van der Waals surface area (Å²) in [4.78, 5) is 24.6. The molecule has 23 heavy (non-hydrogen) atoms. The number of nitrogens with one attached hydrogen (secondary N) is 1. The van der Waals surface area contributed by atoms with Gasteiger partial charge < -0.3 is 10.1 Å². The first-order valence-electron chi connectivity index (χ1n) is 7.26. The van der Waals surface area contributed by atoms with Crippen LogP contribution in [-0.4, -0.2) is 35.9 Å². The van der Waals surface area contributed by atoms with Crippen molar-refractivity contribution in [3.63, 3.8) is 0 Å². The number of rotatable bonds is 5. The van der Waals surface area contributed by atoms with E-state index in [0.29, 0.717) is 18.5 Å². The fourth-order valence-corrected chi connectivity index (χ4v) is 3.64. The van der Waals surface area contributed by atoms with E-state index in [-0.39, 0.29) is 18.0 Å². The maximum atomic E-state index is 12.7. The van der Waals surface area contributed by atoms with Crippen LogP contribution in [0.5, 0.6) is 0 Å². The van der Waals surface area contributed by atoms with Gasteiger partial charge in [-0.2, -0.15) is 5.10 Å². The zero-order chi connectivity index (χ0) is 16.4. The van der Waals surface area contributed by atoms with Crippen LogP contribution in [0.25, 0.3) is 20.2 Å². The van der Waals surface area contributed by atoms with Gasteiger partial charge in [-0.1, -0.05) is 18.2 Å². The van der Waals surface area contributed by atoms with Gasteiger partial charge in [0.25, 0.3) is 5.56 Å². The molecule has 1 amide bonds. The Balaban J connectivity index is 2.02. The number of thiophene rings is 1. The first kappa shape index (κ1) is 15.6. The van der Waals surface area contributed by atoms with E-state index in [1.54, 1.807) is 18.4 Å². The molecule has 120 valence electrons. The molecule has 1 aromatic carbocycles. The molecule has 0 spiro atoms. The van der Waals surface area contributed by atoms with Crippen LogP contribution < -0.4 is 10.9 Å². The molecule has 0 bridgehead atoms. The van der Waals surface area contributed by atoms with Gasteiger partial charge in [-0.3, -0.25) is 9.59 Å². The molecule has 1 N–H and O–H groups in total. The number of carbonyl (C=O) groups is 1. The van der Waals surface area contributed by atoms with E-state index in [2.05, 4.69) is 10.4 Å². The van der Waals surface area contributed by atoms with Gasteiger partial charge in [-0.15, -0.1) is 11.3 Å². The van der Waals surface area contributed by atoms with Gasteiger partial charge in [0.2, 0.25) is 5.91 Å². The number of aryl methyl sites for hydroxylation is 1. The third-order valence-electron chi connectivity index (χ3n) is 3.56. The van der Waals surface area contributed by atoms with E-state index in [4.69, 9.17) is 4.74 Å². The minimum atomic E-state index is -0.255. The molecule has 2 aromatic heterocycles. The number of carbonyl (C=O) groups excluding carboxylic acids is 1. The molecule has 0 aliphatic rings. The Labute approximate surface area is 136 Å². The number of nitrogens with zero attached hydrogens (tertiary/aromatic N) is 2. The van der Waals surface area contributed by atoms with Crippen molar-refractivity contribution in [3.8, 4) is 0 Å². The predicted octanol–water partition coefficient (Wildman–Crippen LogP) is 1.68. The fourth-order valence-electron chi connectivity index (χ4n) is 2.51. The molecule has 0 radical (unpaired) electrons. The average Bonchev–Trinajstić information content (AvgIpc) is 2.93. The SMILES string of the molecule is COCCNC(=O)Cn1nc(C)c2sc3ccccc3c2c1=O. The molecular formula is C16H17N3O3S. The molecule has 2 heterocycles. The molecule has 6 nitrogen and oxygen atoms in total. The van der Waals surface area contributed by atoms with Crippen LogP contribution >= 0.6 is 11.3 Å². The maximum absolute atomic E-state index is 12.7. The highest BCUT2D eigenvalue weighted by atomic mass is 32.1. The lowest BCUT2D eigenvalue weighted by Crippen LogP contribution is -2.35. The van der Waals surface area contributed by atoms with Crippen LogP contribution in [0.4, 0.5) is 0 Å². The zero-order valence-electron chi connectivity index (χ0n) is 13.0. The molecule has 0 saturated carbocycles. The van der Waals surface area contributed by atoms with Crippen molar-refractivity contribution in [1.29, 1.82) is 0 Å². The van der Waals surface area contributed by atoms with Crippen LogP contribution in [0, 0.1) is 6.92 Å². The smallest absolute Gasteiger partial charge is 0.276 e. The number of benzene rings is 1. The second-order valence-corrected chi connectivity index (χ2v) is 6.25. The van der Waals surface area contributed by atoms with Gasteiger partial charge in [-0.05, 0) is 13.0 Å². The summed E-state index contributed by atoms with van der Waals surface area (Å²) in [5.41, 5.74) is 0.524. The van der Waals surface area contributed by atoms with Crippen molar-refractivity contribution in [3.05, 3.63) is 40.3 Å². The van der Waals surface area contributed by atoms with Gasteiger partial charge in [0.15, 0.2) is 0 Å². The predicted molar refractivity (Wildman–Crippen MR) is 91.0 cm³/mol. The van der Waals surface area contributed by atoms with Gasteiger partial charge in [0.05, 0.1) is 22.4 Å². The minimum absolute atomic E-state index is 0.0937. The molecule has 0 aliphatic carbocycles. The lowest BCUT2D eigenvalue weighted by Gasteiger charge is -2.07. The van der Waals surface area contributed by atoms with Crippen molar-refractivity contribution >= 4 is 37.4 Å². The summed E-state index contributed by atoms with van der Waals surface area (Å²) in [5.74, 6) is -0.255. The highest BCUT2D eigenvalue weighted by Gasteiger charge is 2.15.